The topological polar surface area (TPSA) is 97.0 Å². The number of ether oxygens (including phenoxy) is 2. The van der Waals surface area contributed by atoms with Gasteiger partial charge in [0.2, 0.25) is 5.91 Å². The molecule has 3 amide bonds. The lowest BCUT2D eigenvalue weighted by atomic mass is 10.1. The molecule has 0 aliphatic carbocycles. The number of para-hydroxylation sites is 2. The zero-order valence-electron chi connectivity index (χ0n) is 17.7. The lowest BCUT2D eigenvalue weighted by molar-refractivity contribution is -0.128. The summed E-state index contributed by atoms with van der Waals surface area (Å²) < 4.78 is 11.2. The van der Waals surface area contributed by atoms with Crippen molar-refractivity contribution >= 4 is 23.4 Å². The molecular formula is C23H27N3O5. The van der Waals surface area contributed by atoms with E-state index in [0.717, 1.165) is 6.42 Å². The Labute approximate surface area is 181 Å². The molecule has 31 heavy (non-hydrogen) atoms. The first-order valence-corrected chi connectivity index (χ1v) is 10.4. The standard InChI is InChI=1S/C23H27N3O5/c1-3-13-24-23(29)20-15-26(18-7-5-6-8-19(18)31-20)21(27)14-25-22(28)16-9-11-17(12-10-16)30-4-2/h5-12,20H,3-4,13-15H2,1-2H3,(H,24,29)(H,25,28)/t20-/m0/s1. The number of hydrogen-bond acceptors (Lipinski definition) is 5. The fraction of sp³-hybridized carbons (Fsp3) is 0.348. The fourth-order valence-corrected chi connectivity index (χ4v) is 3.19. The molecule has 1 heterocycles. The van der Waals surface area contributed by atoms with E-state index >= 15 is 0 Å². The summed E-state index contributed by atoms with van der Waals surface area (Å²) >= 11 is 0. The zero-order chi connectivity index (χ0) is 22.2. The number of nitrogens with zero attached hydrogens (tertiary/aromatic N) is 1. The van der Waals surface area contributed by atoms with E-state index in [1.54, 1.807) is 48.5 Å². The van der Waals surface area contributed by atoms with Crippen LogP contribution in [0.3, 0.4) is 0 Å². The van der Waals surface area contributed by atoms with E-state index in [1.807, 2.05) is 13.8 Å². The van der Waals surface area contributed by atoms with Crippen LogP contribution in [0.15, 0.2) is 48.5 Å². The van der Waals surface area contributed by atoms with Gasteiger partial charge in [-0.15, -0.1) is 0 Å². The molecule has 3 rings (SSSR count). The van der Waals surface area contributed by atoms with Crippen molar-refractivity contribution < 1.29 is 23.9 Å². The molecule has 0 spiro atoms. The number of rotatable bonds is 8. The van der Waals surface area contributed by atoms with Gasteiger partial charge in [-0.05, 0) is 49.7 Å². The summed E-state index contributed by atoms with van der Waals surface area (Å²) in [6, 6.07) is 13.7. The van der Waals surface area contributed by atoms with E-state index in [1.165, 1.54) is 4.90 Å². The predicted molar refractivity (Wildman–Crippen MR) is 116 cm³/mol. The molecule has 1 atom stereocenters. The molecule has 0 aromatic heterocycles. The quantitative estimate of drug-likeness (QED) is 0.675. The molecule has 1 aliphatic rings. The molecule has 8 heteroatoms. The van der Waals surface area contributed by atoms with Crippen LogP contribution in [0.1, 0.15) is 30.6 Å². The Kier molecular flexibility index (Phi) is 7.48. The van der Waals surface area contributed by atoms with Gasteiger partial charge in [0.25, 0.3) is 11.8 Å². The van der Waals surface area contributed by atoms with Gasteiger partial charge in [-0.3, -0.25) is 14.4 Å². The first kappa shape index (κ1) is 22.1. The van der Waals surface area contributed by atoms with Gasteiger partial charge in [0.1, 0.15) is 11.5 Å². The number of carbonyl (C=O) groups is 3. The van der Waals surface area contributed by atoms with Crippen LogP contribution in [0.25, 0.3) is 0 Å². The van der Waals surface area contributed by atoms with Crippen LogP contribution in [0.4, 0.5) is 5.69 Å². The number of carbonyl (C=O) groups excluding carboxylic acids is 3. The molecule has 0 unspecified atom stereocenters. The molecule has 0 saturated heterocycles. The highest BCUT2D eigenvalue weighted by atomic mass is 16.5. The van der Waals surface area contributed by atoms with Crippen molar-refractivity contribution in [2.24, 2.45) is 0 Å². The lowest BCUT2D eigenvalue weighted by Gasteiger charge is -2.34. The van der Waals surface area contributed by atoms with Crippen LogP contribution < -0.4 is 25.0 Å². The number of amides is 3. The van der Waals surface area contributed by atoms with E-state index in [4.69, 9.17) is 9.47 Å². The Morgan fingerprint density at radius 2 is 1.81 bits per heavy atom. The van der Waals surface area contributed by atoms with Crippen LogP contribution in [0.5, 0.6) is 11.5 Å². The molecule has 164 valence electrons. The van der Waals surface area contributed by atoms with Crippen molar-refractivity contribution in [3.05, 3.63) is 54.1 Å². The molecule has 8 nitrogen and oxygen atoms in total. The lowest BCUT2D eigenvalue weighted by Crippen LogP contribution is -2.52. The van der Waals surface area contributed by atoms with Gasteiger partial charge in [0.05, 0.1) is 25.4 Å². The Balaban J connectivity index is 1.66. The van der Waals surface area contributed by atoms with Gasteiger partial charge in [0.15, 0.2) is 6.10 Å². The van der Waals surface area contributed by atoms with E-state index in [0.29, 0.717) is 35.9 Å². The third kappa shape index (κ3) is 5.53. The van der Waals surface area contributed by atoms with E-state index in [-0.39, 0.29) is 30.8 Å². The number of anilines is 1. The molecule has 0 radical (unpaired) electrons. The smallest absolute Gasteiger partial charge is 0.262 e. The Hall–Kier alpha value is -3.55. The molecular weight excluding hydrogens is 398 g/mol. The van der Waals surface area contributed by atoms with Crippen molar-refractivity contribution in [1.82, 2.24) is 10.6 Å². The number of nitrogens with one attached hydrogen (secondary N) is 2. The zero-order valence-corrected chi connectivity index (χ0v) is 17.7. The number of benzene rings is 2. The van der Waals surface area contributed by atoms with Gasteiger partial charge >= 0.3 is 0 Å². The SMILES string of the molecule is CCCNC(=O)[C@@H]1CN(C(=O)CNC(=O)c2ccc(OCC)cc2)c2ccccc2O1. The van der Waals surface area contributed by atoms with Crippen molar-refractivity contribution in [3.63, 3.8) is 0 Å². The Morgan fingerprint density at radius 1 is 1.06 bits per heavy atom. The maximum absolute atomic E-state index is 12.9. The largest absolute Gasteiger partial charge is 0.494 e. The molecule has 0 fully saturated rings. The minimum atomic E-state index is -0.813. The third-order valence-corrected chi connectivity index (χ3v) is 4.74. The second kappa shape index (κ2) is 10.5. The summed E-state index contributed by atoms with van der Waals surface area (Å²) in [5, 5.41) is 5.44. The minimum Gasteiger partial charge on any atom is -0.494 e. The molecule has 0 bridgehead atoms. The maximum Gasteiger partial charge on any atom is 0.262 e. The highest BCUT2D eigenvalue weighted by molar-refractivity contribution is 6.02. The van der Waals surface area contributed by atoms with Crippen molar-refractivity contribution in [3.8, 4) is 11.5 Å². The summed E-state index contributed by atoms with van der Waals surface area (Å²) in [6.45, 7) is 4.78. The Morgan fingerprint density at radius 3 is 2.52 bits per heavy atom. The van der Waals surface area contributed by atoms with Gasteiger partial charge in [-0.2, -0.15) is 0 Å². The van der Waals surface area contributed by atoms with Gasteiger partial charge in [0, 0.05) is 12.1 Å². The summed E-state index contributed by atoms with van der Waals surface area (Å²) in [5.41, 5.74) is 0.998. The highest BCUT2D eigenvalue weighted by Gasteiger charge is 2.33. The normalized spacial score (nSPS) is 14.8. The second-order valence-corrected chi connectivity index (χ2v) is 7.01. The van der Waals surface area contributed by atoms with Gasteiger partial charge in [-0.25, -0.2) is 0 Å². The fourth-order valence-electron chi connectivity index (χ4n) is 3.19. The average molecular weight is 425 g/mol. The molecule has 2 aromatic carbocycles. The Bertz CT molecular complexity index is 929. The molecule has 2 aromatic rings. The molecule has 0 saturated carbocycles. The monoisotopic (exact) mass is 425 g/mol. The van der Waals surface area contributed by atoms with Crippen LogP contribution in [-0.4, -0.2) is 50.1 Å². The maximum atomic E-state index is 12.9. The molecule has 2 N–H and O–H groups in total. The summed E-state index contributed by atoms with van der Waals surface area (Å²) in [7, 11) is 0. The first-order chi connectivity index (χ1) is 15.0. The van der Waals surface area contributed by atoms with Crippen LogP contribution in [0, 0.1) is 0 Å². The summed E-state index contributed by atoms with van der Waals surface area (Å²) in [5.74, 6) is 0.162. The third-order valence-electron chi connectivity index (χ3n) is 4.74. The summed E-state index contributed by atoms with van der Waals surface area (Å²) in [6.07, 6.45) is -0.0119. The number of fused-ring (bicyclic) bond motifs is 1. The minimum absolute atomic E-state index is 0.0737. The molecule has 1 aliphatic heterocycles. The van der Waals surface area contributed by atoms with Gasteiger partial charge in [-0.1, -0.05) is 19.1 Å². The van der Waals surface area contributed by atoms with Crippen LogP contribution >= 0.6 is 0 Å². The first-order valence-electron chi connectivity index (χ1n) is 10.4. The van der Waals surface area contributed by atoms with Crippen molar-refractivity contribution in [2.45, 2.75) is 26.4 Å². The van der Waals surface area contributed by atoms with Gasteiger partial charge < -0.3 is 25.0 Å². The highest BCUT2D eigenvalue weighted by Crippen LogP contribution is 2.33. The summed E-state index contributed by atoms with van der Waals surface area (Å²) in [4.78, 5) is 39.2. The number of hydrogen-bond donors (Lipinski definition) is 2. The second-order valence-electron chi connectivity index (χ2n) is 7.01. The van der Waals surface area contributed by atoms with E-state index in [9.17, 15) is 14.4 Å². The van der Waals surface area contributed by atoms with Crippen LogP contribution in [0.2, 0.25) is 0 Å². The average Bonchev–Trinajstić information content (AvgIpc) is 2.80. The van der Waals surface area contributed by atoms with E-state index in [2.05, 4.69) is 10.6 Å². The van der Waals surface area contributed by atoms with E-state index < -0.39 is 6.10 Å². The van der Waals surface area contributed by atoms with Crippen molar-refractivity contribution in [2.75, 3.05) is 31.1 Å². The van der Waals surface area contributed by atoms with Crippen LogP contribution in [-0.2, 0) is 9.59 Å². The van der Waals surface area contributed by atoms with Crippen molar-refractivity contribution in [1.29, 1.82) is 0 Å². The predicted octanol–water partition coefficient (Wildman–Crippen LogP) is 2.14.